The summed E-state index contributed by atoms with van der Waals surface area (Å²) in [6.45, 7) is 7.14. The number of fused-ring (bicyclic) bond motifs is 1. The zero-order valence-electron chi connectivity index (χ0n) is 13.1. The molecule has 0 radical (unpaired) electrons. The van der Waals surface area contributed by atoms with Crippen LogP contribution >= 0.6 is 0 Å². The van der Waals surface area contributed by atoms with E-state index in [0.717, 1.165) is 19.4 Å². The molecule has 0 saturated carbocycles. The SMILES string of the molecule is CC(CNC1CCc2cc(F)ccc21)CN1CCCCC1. The van der Waals surface area contributed by atoms with Crippen LogP contribution in [-0.4, -0.2) is 31.1 Å². The largest absolute Gasteiger partial charge is 0.310 e. The van der Waals surface area contributed by atoms with Crippen LogP contribution in [-0.2, 0) is 6.42 Å². The maximum atomic E-state index is 13.2. The van der Waals surface area contributed by atoms with Crippen LogP contribution in [0, 0.1) is 11.7 Å². The van der Waals surface area contributed by atoms with Crippen molar-refractivity contribution >= 4 is 0 Å². The van der Waals surface area contributed by atoms with Gasteiger partial charge in [0.2, 0.25) is 0 Å². The van der Waals surface area contributed by atoms with Crippen LogP contribution in [0.4, 0.5) is 4.39 Å². The molecule has 1 aliphatic carbocycles. The number of rotatable bonds is 5. The molecule has 1 aromatic carbocycles. The zero-order chi connectivity index (χ0) is 14.7. The molecule has 116 valence electrons. The Labute approximate surface area is 127 Å². The highest BCUT2D eigenvalue weighted by Gasteiger charge is 2.23. The van der Waals surface area contributed by atoms with Gasteiger partial charge < -0.3 is 10.2 Å². The number of likely N-dealkylation sites (tertiary alicyclic amines) is 1. The maximum absolute atomic E-state index is 13.2. The summed E-state index contributed by atoms with van der Waals surface area (Å²) in [7, 11) is 0. The van der Waals surface area contributed by atoms with Gasteiger partial charge in [-0.25, -0.2) is 4.39 Å². The smallest absolute Gasteiger partial charge is 0.123 e. The molecule has 1 aromatic rings. The Hall–Kier alpha value is -0.930. The van der Waals surface area contributed by atoms with Gasteiger partial charge in [0.25, 0.3) is 0 Å². The molecular weight excluding hydrogens is 263 g/mol. The molecule has 21 heavy (non-hydrogen) atoms. The molecule has 3 rings (SSSR count). The fourth-order valence-electron chi connectivity index (χ4n) is 3.79. The molecule has 0 spiro atoms. The molecule has 0 aromatic heterocycles. The Morgan fingerprint density at radius 2 is 2.10 bits per heavy atom. The molecule has 0 amide bonds. The average molecular weight is 290 g/mol. The van der Waals surface area contributed by atoms with Gasteiger partial charge in [-0.1, -0.05) is 19.4 Å². The van der Waals surface area contributed by atoms with Crippen molar-refractivity contribution in [3.05, 3.63) is 35.1 Å². The first-order chi connectivity index (χ1) is 10.2. The third-order valence-corrected chi connectivity index (χ3v) is 4.91. The normalized spacial score (nSPS) is 24.0. The topological polar surface area (TPSA) is 15.3 Å². The third-order valence-electron chi connectivity index (χ3n) is 4.91. The minimum Gasteiger partial charge on any atom is -0.310 e. The van der Waals surface area contributed by atoms with Crippen molar-refractivity contribution in [3.8, 4) is 0 Å². The number of halogens is 1. The van der Waals surface area contributed by atoms with Gasteiger partial charge in [0.1, 0.15) is 5.82 Å². The molecule has 1 saturated heterocycles. The Balaban J connectivity index is 1.47. The number of benzene rings is 1. The summed E-state index contributed by atoms with van der Waals surface area (Å²) in [5.41, 5.74) is 2.50. The second-order valence-electron chi connectivity index (χ2n) is 6.81. The van der Waals surface area contributed by atoms with E-state index in [0.29, 0.717) is 12.0 Å². The summed E-state index contributed by atoms with van der Waals surface area (Å²) >= 11 is 0. The molecule has 1 heterocycles. The predicted molar refractivity (Wildman–Crippen MR) is 84.9 cm³/mol. The maximum Gasteiger partial charge on any atom is 0.123 e. The summed E-state index contributed by atoms with van der Waals surface area (Å²) in [5.74, 6) is 0.570. The predicted octanol–water partition coefficient (Wildman–Crippen LogP) is 3.52. The lowest BCUT2D eigenvalue weighted by Crippen LogP contribution is -2.37. The van der Waals surface area contributed by atoms with E-state index in [1.807, 2.05) is 6.07 Å². The van der Waals surface area contributed by atoms with Gasteiger partial charge >= 0.3 is 0 Å². The Kier molecular flexibility index (Phi) is 4.91. The molecule has 2 aliphatic rings. The van der Waals surface area contributed by atoms with Crippen LogP contribution in [0.5, 0.6) is 0 Å². The molecule has 2 atom stereocenters. The fraction of sp³-hybridized carbons (Fsp3) is 0.667. The van der Waals surface area contributed by atoms with Gasteiger partial charge in [-0.3, -0.25) is 0 Å². The second kappa shape index (κ2) is 6.89. The summed E-state index contributed by atoms with van der Waals surface area (Å²) < 4.78 is 13.2. The summed E-state index contributed by atoms with van der Waals surface area (Å²) in [6.07, 6.45) is 6.24. The van der Waals surface area contributed by atoms with E-state index in [9.17, 15) is 4.39 Å². The first-order valence-electron chi connectivity index (χ1n) is 8.46. The van der Waals surface area contributed by atoms with Crippen LogP contribution in [0.25, 0.3) is 0 Å². The molecule has 3 heteroatoms. The first-order valence-corrected chi connectivity index (χ1v) is 8.46. The quantitative estimate of drug-likeness (QED) is 0.892. The Bertz CT molecular complexity index is 468. The van der Waals surface area contributed by atoms with E-state index in [1.54, 1.807) is 12.1 Å². The summed E-state index contributed by atoms with van der Waals surface area (Å²) in [4.78, 5) is 2.60. The second-order valence-corrected chi connectivity index (χ2v) is 6.81. The van der Waals surface area contributed by atoms with Crippen molar-refractivity contribution in [2.24, 2.45) is 5.92 Å². The lowest BCUT2D eigenvalue weighted by Gasteiger charge is -2.29. The van der Waals surface area contributed by atoms with Gasteiger partial charge in [-0.2, -0.15) is 0 Å². The highest BCUT2D eigenvalue weighted by molar-refractivity contribution is 5.34. The number of hydrogen-bond donors (Lipinski definition) is 1. The monoisotopic (exact) mass is 290 g/mol. The van der Waals surface area contributed by atoms with E-state index >= 15 is 0 Å². The molecule has 1 aliphatic heterocycles. The van der Waals surface area contributed by atoms with Crippen LogP contribution in [0.2, 0.25) is 0 Å². The van der Waals surface area contributed by atoms with Gasteiger partial charge in [0.05, 0.1) is 0 Å². The molecule has 1 N–H and O–H groups in total. The molecular formula is C18H27FN2. The van der Waals surface area contributed by atoms with E-state index < -0.39 is 0 Å². The van der Waals surface area contributed by atoms with Gasteiger partial charge in [0.15, 0.2) is 0 Å². The molecule has 0 bridgehead atoms. The van der Waals surface area contributed by atoms with Crippen LogP contribution in [0.15, 0.2) is 18.2 Å². The molecule has 2 unspecified atom stereocenters. The van der Waals surface area contributed by atoms with E-state index in [2.05, 4.69) is 17.1 Å². The molecule has 1 fully saturated rings. The standard InChI is InChI=1S/C18H27FN2/c1-14(13-21-9-3-2-4-10-21)12-20-18-8-5-15-11-16(19)6-7-17(15)18/h6-7,11,14,18,20H,2-5,8-10,12-13H2,1H3. The van der Waals surface area contributed by atoms with E-state index in [4.69, 9.17) is 0 Å². The lowest BCUT2D eigenvalue weighted by molar-refractivity contribution is 0.197. The number of nitrogens with zero attached hydrogens (tertiary/aromatic N) is 1. The Morgan fingerprint density at radius 3 is 2.90 bits per heavy atom. The Morgan fingerprint density at radius 1 is 1.29 bits per heavy atom. The minimum absolute atomic E-state index is 0.104. The molecule has 2 nitrogen and oxygen atoms in total. The van der Waals surface area contributed by atoms with Crippen molar-refractivity contribution in [2.75, 3.05) is 26.2 Å². The number of piperidine rings is 1. The van der Waals surface area contributed by atoms with Crippen molar-refractivity contribution < 1.29 is 4.39 Å². The first kappa shape index (κ1) is 15.0. The van der Waals surface area contributed by atoms with Crippen LogP contribution in [0.1, 0.15) is 49.8 Å². The van der Waals surface area contributed by atoms with Gasteiger partial charge in [-0.05, 0) is 74.5 Å². The highest BCUT2D eigenvalue weighted by atomic mass is 19.1. The summed E-state index contributed by atoms with van der Waals surface area (Å²) in [5, 5.41) is 3.70. The van der Waals surface area contributed by atoms with Crippen molar-refractivity contribution in [1.82, 2.24) is 10.2 Å². The summed E-state index contributed by atoms with van der Waals surface area (Å²) in [6, 6.07) is 5.68. The highest BCUT2D eigenvalue weighted by Crippen LogP contribution is 2.31. The van der Waals surface area contributed by atoms with Gasteiger partial charge in [-0.15, -0.1) is 0 Å². The average Bonchev–Trinajstić information content (AvgIpc) is 2.88. The van der Waals surface area contributed by atoms with Gasteiger partial charge in [0, 0.05) is 12.6 Å². The van der Waals surface area contributed by atoms with E-state index in [1.165, 1.54) is 50.0 Å². The number of nitrogens with one attached hydrogen (secondary N) is 1. The number of hydrogen-bond acceptors (Lipinski definition) is 2. The zero-order valence-corrected chi connectivity index (χ0v) is 13.1. The fourth-order valence-corrected chi connectivity index (χ4v) is 3.79. The lowest BCUT2D eigenvalue weighted by atomic mass is 10.1. The number of aryl methyl sites for hydroxylation is 1. The minimum atomic E-state index is -0.104. The van der Waals surface area contributed by atoms with E-state index in [-0.39, 0.29) is 5.82 Å². The van der Waals surface area contributed by atoms with Crippen molar-refractivity contribution in [2.45, 2.75) is 45.1 Å². The van der Waals surface area contributed by atoms with Crippen LogP contribution < -0.4 is 5.32 Å². The van der Waals surface area contributed by atoms with Crippen molar-refractivity contribution in [1.29, 1.82) is 0 Å². The van der Waals surface area contributed by atoms with Crippen molar-refractivity contribution in [3.63, 3.8) is 0 Å². The third kappa shape index (κ3) is 3.83. The van der Waals surface area contributed by atoms with Crippen LogP contribution in [0.3, 0.4) is 0 Å².